The van der Waals surface area contributed by atoms with E-state index in [4.69, 9.17) is 9.47 Å². The van der Waals surface area contributed by atoms with Crippen LogP contribution in [0.5, 0.6) is 0 Å². The van der Waals surface area contributed by atoms with Gasteiger partial charge in [-0.3, -0.25) is 4.79 Å². The molecule has 0 spiro atoms. The van der Waals surface area contributed by atoms with E-state index in [-0.39, 0.29) is 18.9 Å². The maximum absolute atomic E-state index is 13.0. The molecular formula is C53H85NO8. The zero-order valence-electron chi connectivity index (χ0n) is 38.3. The Labute approximate surface area is 376 Å². The molecule has 1 fully saturated rings. The summed E-state index contributed by atoms with van der Waals surface area (Å²) in [6.07, 6.45) is 55.3. The molecule has 1 rings (SSSR count). The number of aliphatic hydroxyl groups excluding tert-OH is 5. The first-order valence-electron chi connectivity index (χ1n) is 23.8. The number of aliphatic hydroxyl groups is 5. The molecule has 350 valence electrons. The monoisotopic (exact) mass is 864 g/mol. The van der Waals surface area contributed by atoms with Crippen LogP contribution in [0, 0.1) is 0 Å². The van der Waals surface area contributed by atoms with Gasteiger partial charge < -0.3 is 40.3 Å². The number of nitrogens with one attached hydrogen (secondary N) is 1. The molecule has 0 aromatic rings. The zero-order chi connectivity index (χ0) is 45.1. The average molecular weight is 864 g/mol. The highest BCUT2D eigenvalue weighted by molar-refractivity contribution is 5.76. The van der Waals surface area contributed by atoms with Crippen molar-refractivity contribution >= 4 is 5.91 Å². The van der Waals surface area contributed by atoms with Gasteiger partial charge in [0.05, 0.1) is 25.4 Å². The predicted octanol–water partition coefficient (Wildman–Crippen LogP) is 10.4. The van der Waals surface area contributed by atoms with Crippen molar-refractivity contribution in [1.82, 2.24) is 5.32 Å². The van der Waals surface area contributed by atoms with Gasteiger partial charge in [-0.25, -0.2) is 0 Å². The minimum atomic E-state index is -1.59. The summed E-state index contributed by atoms with van der Waals surface area (Å²) in [4.78, 5) is 13.0. The Kier molecular flexibility index (Phi) is 38.0. The lowest BCUT2D eigenvalue weighted by Gasteiger charge is -2.40. The highest BCUT2D eigenvalue weighted by Crippen LogP contribution is 2.22. The standard InChI is InChI=1S/C53H85NO8/c1-3-5-7-9-11-13-15-17-19-21-22-23-24-25-26-27-29-31-33-35-37-39-41-43-49(57)54-46(45-61-53-52(60)51(59)50(58)48(44-55)62-53)47(56)42-40-38-36-34-32-30-28-20-18-16-14-12-10-8-6-4-2/h5,7,11,13,17-20,22-23,25-26,29,31-32,34-35,37,40,42,46-48,50-53,55-56,58-60H,3-4,6,8-10,12,14-16,21,24,27-28,30,33,36,38-39,41,43-45H2,1-2H3,(H,54,57)/b7-5-,13-11-,19-17-,20-18+,23-22-,26-25-,31-29-,34-32+,37-35-,42-40+. The van der Waals surface area contributed by atoms with Crippen molar-refractivity contribution in [3.63, 3.8) is 0 Å². The van der Waals surface area contributed by atoms with Gasteiger partial charge in [0.1, 0.15) is 24.4 Å². The number of hydrogen-bond donors (Lipinski definition) is 6. The molecule has 62 heavy (non-hydrogen) atoms. The molecule has 9 nitrogen and oxygen atoms in total. The van der Waals surface area contributed by atoms with Gasteiger partial charge in [-0.2, -0.15) is 0 Å². The Hall–Kier alpha value is -3.41. The lowest BCUT2D eigenvalue weighted by atomic mass is 9.99. The van der Waals surface area contributed by atoms with Crippen LogP contribution in [0.15, 0.2) is 122 Å². The van der Waals surface area contributed by atoms with Crippen molar-refractivity contribution in [2.45, 2.75) is 192 Å². The Morgan fingerprint density at radius 1 is 0.565 bits per heavy atom. The number of amides is 1. The average Bonchev–Trinajstić information content (AvgIpc) is 3.27. The van der Waals surface area contributed by atoms with Gasteiger partial charge in [0, 0.05) is 6.42 Å². The van der Waals surface area contributed by atoms with Crippen molar-refractivity contribution in [2.24, 2.45) is 0 Å². The van der Waals surface area contributed by atoms with Crippen LogP contribution < -0.4 is 5.32 Å². The van der Waals surface area contributed by atoms with E-state index in [0.717, 1.165) is 77.0 Å². The highest BCUT2D eigenvalue weighted by Gasteiger charge is 2.44. The molecule has 7 unspecified atom stereocenters. The summed E-state index contributed by atoms with van der Waals surface area (Å²) in [7, 11) is 0. The second-order valence-corrected chi connectivity index (χ2v) is 15.8. The number of hydrogen-bond acceptors (Lipinski definition) is 8. The molecule has 1 heterocycles. The lowest BCUT2D eigenvalue weighted by molar-refractivity contribution is -0.302. The van der Waals surface area contributed by atoms with Crippen LogP contribution >= 0.6 is 0 Å². The first-order chi connectivity index (χ1) is 30.3. The van der Waals surface area contributed by atoms with E-state index in [0.29, 0.717) is 12.8 Å². The number of carbonyl (C=O) groups is 1. The van der Waals surface area contributed by atoms with Crippen LogP contribution in [-0.4, -0.2) is 87.5 Å². The van der Waals surface area contributed by atoms with Gasteiger partial charge in [0.2, 0.25) is 5.91 Å². The van der Waals surface area contributed by atoms with Crippen LogP contribution in [0.2, 0.25) is 0 Å². The fourth-order valence-electron chi connectivity index (χ4n) is 6.47. The van der Waals surface area contributed by atoms with Crippen LogP contribution in [0.3, 0.4) is 0 Å². The molecule has 0 radical (unpaired) electrons. The summed E-state index contributed by atoms with van der Waals surface area (Å²) in [5.41, 5.74) is 0. The van der Waals surface area contributed by atoms with Crippen molar-refractivity contribution in [2.75, 3.05) is 13.2 Å². The van der Waals surface area contributed by atoms with E-state index in [1.807, 2.05) is 6.08 Å². The Balaban J connectivity index is 2.44. The molecule has 0 aliphatic carbocycles. The van der Waals surface area contributed by atoms with Gasteiger partial charge in [0.15, 0.2) is 6.29 Å². The first kappa shape index (κ1) is 56.6. The molecule has 1 aliphatic heterocycles. The SMILES string of the molecule is CC/C=C\C/C=C\C/C=C\C/C=C\C/C=C\C/C=C\C/C=C\CCCC(=O)NC(COC1OC(CO)C(O)C(O)C1O)C(O)/C=C/CC/C=C/CC/C=C/CCCCCCCC. The number of rotatable bonds is 37. The highest BCUT2D eigenvalue weighted by atomic mass is 16.7. The molecule has 0 aromatic heterocycles. The first-order valence-corrected chi connectivity index (χ1v) is 23.8. The van der Waals surface area contributed by atoms with E-state index < -0.39 is 49.5 Å². The van der Waals surface area contributed by atoms with Crippen molar-refractivity contribution in [3.05, 3.63) is 122 Å². The van der Waals surface area contributed by atoms with Crippen molar-refractivity contribution < 1.29 is 39.8 Å². The second-order valence-electron chi connectivity index (χ2n) is 15.8. The van der Waals surface area contributed by atoms with Crippen LogP contribution in [0.25, 0.3) is 0 Å². The van der Waals surface area contributed by atoms with E-state index in [9.17, 15) is 30.3 Å². The topological polar surface area (TPSA) is 149 Å². The maximum Gasteiger partial charge on any atom is 0.220 e. The molecule has 1 saturated heterocycles. The third kappa shape index (κ3) is 31.4. The molecule has 6 N–H and O–H groups in total. The van der Waals surface area contributed by atoms with Gasteiger partial charge >= 0.3 is 0 Å². The Morgan fingerprint density at radius 3 is 1.55 bits per heavy atom. The quantitative estimate of drug-likeness (QED) is 0.0267. The number of ether oxygens (including phenoxy) is 2. The molecule has 1 amide bonds. The fraction of sp³-hybridized carbons (Fsp3) is 0.604. The van der Waals surface area contributed by atoms with E-state index >= 15 is 0 Å². The van der Waals surface area contributed by atoms with Gasteiger partial charge in [0.25, 0.3) is 0 Å². The summed E-state index contributed by atoms with van der Waals surface area (Å²) < 4.78 is 11.2. The molecule has 0 bridgehead atoms. The minimum Gasteiger partial charge on any atom is -0.394 e. The summed E-state index contributed by atoms with van der Waals surface area (Å²) in [5.74, 6) is -0.255. The summed E-state index contributed by atoms with van der Waals surface area (Å²) in [6.45, 7) is 3.56. The lowest BCUT2D eigenvalue weighted by Crippen LogP contribution is -2.60. The molecule has 9 heteroatoms. The van der Waals surface area contributed by atoms with Gasteiger partial charge in [-0.05, 0) is 96.3 Å². The molecule has 0 aromatic carbocycles. The number of carbonyl (C=O) groups excluding carboxylic acids is 1. The fourth-order valence-corrected chi connectivity index (χ4v) is 6.47. The molecule has 1 aliphatic rings. The largest absolute Gasteiger partial charge is 0.394 e. The van der Waals surface area contributed by atoms with Crippen LogP contribution in [0.1, 0.15) is 149 Å². The predicted molar refractivity (Wildman–Crippen MR) is 257 cm³/mol. The second kappa shape index (κ2) is 41.6. The van der Waals surface area contributed by atoms with E-state index in [1.54, 1.807) is 6.08 Å². The Morgan fingerprint density at radius 2 is 1.02 bits per heavy atom. The normalized spacial score (nSPS) is 21.4. The molecule has 7 atom stereocenters. The Bertz CT molecular complexity index is 1370. The summed E-state index contributed by atoms with van der Waals surface area (Å²) in [5, 5.41) is 54.2. The number of unbranched alkanes of at least 4 members (excludes halogenated alkanes) is 9. The summed E-state index contributed by atoms with van der Waals surface area (Å²) >= 11 is 0. The van der Waals surface area contributed by atoms with Gasteiger partial charge in [-0.15, -0.1) is 0 Å². The minimum absolute atomic E-state index is 0.238. The number of allylic oxidation sites excluding steroid dienone is 19. The summed E-state index contributed by atoms with van der Waals surface area (Å²) in [6, 6.07) is -0.867. The van der Waals surface area contributed by atoms with Crippen LogP contribution in [-0.2, 0) is 14.3 Å². The molecular weight excluding hydrogens is 779 g/mol. The maximum atomic E-state index is 13.0. The van der Waals surface area contributed by atoms with E-state index in [1.165, 1.54) is 38.5 Å². The van der Waals surface area contributed by atoms with Crippen molar-refractivity contribution in [1.29, 1.82) is 0 Å². The van der Waals surface area contributed by atoms with Crippen molar-refractivity contribution in [3.8, 4) is 0 Å². The molecule has 0 saturated carbocycles. The zero-order valence-corrected chi connectivity index (χ0v) is 38.3. The van der Waals surface area contributed by atoms with Gasteiger partial charge in [-0.1, -0.05) is 167 Å². The third-order valence-electron chi connectivity index (χ3n) is 10.2. The van der Waals surface area contributed by atoms with E-state index in [2.05, 4.69) is 129 Å². The smallest absolute Gasteiger partial charge is 0.220 e. The third-order valence-corrected chi connectivity index (χ3v) is 10.2. The van der Waals surface area contributed by atoms with Crippen LogP contribution in [0.4, 0.5) is 0 Å².